The van der Waals surface area contributed by atoms with Crippen LogP contribution in [0.1, 0.15) is 99.3 Å². The van der Waals surface area contributed by atoms with Crippen LogP contribution in [0.5, 0.6) is 0 Å². The van der Waals surface area contributed by atoms with E-state index in [1.807, 2.05) is 0 Å². The van der Waals surface area contributed by atoms with Crippen molar-refractivity contribution in [2.75, 3.05) is 0 Å². The van der Waals surface area contributed by atoms with Crippen molar-refractivity contribution < 1.29 is 39.6 Å². The second-order valence-corrected chi connectivity index (χ2v) is 6.45. The maximum absolute atomic E-state index is 11.5. The molecule has 0 saturated heterocycles. The number of carboxylic acid groups (broad SMARTS) is 4. The van der Waals surface area contributed by atoms with Crippen molar-refractivity contribution in [3.8, 4) is 0 Å². The fourth-order valence-corrected chi connectivity index (χ4v) is 2.24. The van der Waals surface area contributed by atoms with Crippen molar-refractivity contribution in [2.45, 2.75) is 99.3 Å². The molecule has 0 aliphatic heterocycles. The van der Waals surface area contributed by atoms with Gasteiger partial charge in [0, 0.05) is 20.8 Å². The highest BCUT2D eigenvalue weighted by molar-refractivity contribution is 5.74. The first-order chi connectivity index (χ1) is 12.8. The molecule has 0 aromatic heterocycles. The van der Waals surface area contributed by atoms with E-state index in [9.17, 15) is 9.90 Å². The number of unbranched alkanes of at least 4 members (excludes halogenated alkanes) is 3. The van der Waals surface area contributed by atoms with Gasteiger partial charge in [-0.2, -0.15) is 0 Å². The molecule has 8 nitrogen and oxygen atoms in total. The van der Waals surface area contributed by atoms with Crippen molar-refractivity contribution in [3.05, 3.63) is 0 Å². The minimum Gasteiger partial charge on any atom is -0.481 e. The summed E-state index contributed by atoms with van der Waals surface area (Å²) in [5.74, 6) is -3.07. The molecule has 0 fully saturated rings. The van der Waals surface area contributed by atoms with E-state index in [4.69, 9.17) is 29.7 Å². The number of aliphatic carboxylic acids is 4. The van der Waals surface area contributed by atoms with E-state index < -0.39 is 29.3 Å². The van der Waals surface area contributed by atoms with Gasteiger partial charge in [-0.05, 0) is 19.3 Å². The molecule has 0 atom stereocenters. The predicted octanol–water partition coefficient (Wildman–Crippen LogP) is 4.90. The van der Waals surface area contributed by atoms with Gasteiger partial charge in [0.25, 0.3) is 17.9 Å². The summed E-state index contributed by atoms with van der Waals surface area (Å²) in [7, 11) is 0. The lowest BCUT2D eigenvalue weighted by atomic mass is 9.74. The average molecular weight is 409 g/mol. The average Bonchev–Trinajstić information content (AvgIpc) is 2.52. The first-order valence-electron chi connectivity index (χ1n) is 9.64. The molecule has 0 aliphatic carbocycles. The zero-order valence-corrected chi connectivity index (χ0v) is 18.3. The van der Waals surface area contributed by atoms with Gasteiger partial charge in [-0.3, -0.25) is 19.2 Å². The van der Waals surface area contributed by atoms with Gasteiger partial charge in [-0.25, -0.2) is 0 Å². The first-order valence-corrected chi connectivity index (χ1v) is 9.64. The molecule has 0 bridgehead atoms. The third-order valence-corrected chi connectivity index (χ3v) is 3.48. The lowest BCUT2D eigenvalue weighted by molar-refractivity contribution is -0.151. The molecule has 4 N–H and O–H groups in total. The van der Waals surface area contributed by atoms with Gasteiger partial charge >= 0.3 is 5.97 Å². The Labute approximate surface area is 169 Å². The van der Waals surface area contributed by atoms with Gasteiger partial charge < -0.3 is 20.4 Å². The highest BCUT2D eigenvalue weighted by Gasteiger charge is 2.36. The van der Waals surface area contributed by atoms with Gasteiger partial charge in [0.1, 0.15) is 0 Å². The molecule has 28 heavy (non-hydrogen) atoms. The second kappa shape index (κ2) is 22.9. The number of carbonyl (C=O) groups is 4. The molecule has 8 heteroatoms. The maximum Gasteiger partial charge on any atom is 0.309 e. The van der Waals surface area contributed by atoms with Crippen LogP contribution in [0.3, 0.4) is 0 Å². The predicted molar refractivity (Wildman–Crippen MR) is 109 cm³/mol. The molecule has 0 heterocycles. The number of carboxylic acids is 4. The lowest BCUT2D eigenvalue weighted by Crippen LogP contribution is -2.31. The Morgan fingerprint density at radius 3 is 0.857 bits per heavy atom. The van der Waals surface area contributed by atoms with E-state index in [1.54, 1.807) is 0 Å². The van der Waals surface area contributed by atoms with Crippen LogP contribution < -0.4 is 0 Å². The lowest BCUT2D eigenvalue weighted by Gasteiger charge is -2.29. The molecular weight excluding hydrogens is 368 g/mol. The van der Waals surface area contributed by atoms with Gasteiger partial charge in [-0.1, -0.05) is 59.3 Å². The summed E-state index contributed by atoms with van der Waals surface area (Å²) in [6, 6.07) is 0. The van der Waals surface area contributed by atoms with E-state index in [1.165, 1.54) is 0 Å². The quantitative estimate of drug-likeness (QED) is 0.398. The summed E-state index contributed by atoms with van der Waals surface area (Å²) >= 11 is 0. The highest BCUT2D eigenvalue weighted by Crippen LogP contribution is 2.36. The molecule has 0 aliphatic rings. The third kappa shape index (κ3) is 35.1. The zero-order chi connectivity index (χ0) is 23.2. The normalized spacial score (nSPS) is 9.36. The maximum atomic E-state index is 11.5. The molecule has 0 rings (SSSR count). The van der Waals surface area contributed by atoms with Gasteiger partial charge in [0.2, 0.25) is 0 Å². The summed E-state index contributed by atoms with van der Waals surface area (Å²) < 4.78 is 0. The van der Waals surface area contributed by atoms with Crippen molar-refractivity contribution in [3.63, 3.8) is 0 Å². The molecule has 168 valence electrons. The summed E-state index contributed by atoms with van der Waals surface area (Å²) in [4.78, 5) is 38.5. The van der Waals surface area contributed by atoms with Crippen LogP contribution in [0.4, 0.5) is 0 Å². The summed E-state index contributed by atoms with van der Waals surface area (Å²) in [5.41, 5.74) is -0.429. The Kier molecular flexibility index (Phi) is 27.4. The summed E-state index contributed by atoms with van der Waals surface area (Å²) in [6.45, 7) is 9.64. The molecule has 0 saturated carbocycles. The van der Waals surface area contributed by atoms with Crippen LogP contribution in [-0.4, -0.2) is 44.3 Å². The number of hydrogen-bond donors (Lipinski definition) is 4. The highest BCUT2D eigenvalue weighted by atomic mass is 16.4. The van der Waals surface area contributed by atoms with E-state index >= 15 is 0 Å². The molecular formula is C20H40O8. The molecule has 0 amide bonds. The molecule has 0 aromatic carbocycles. The number of rotatable bonds is 10. The van der Waals surface area contributed by atoms with E-state index in [2.05, 4.69) is 20.8 Å². The van der Waals surface area contributed by atoms with Crippen LogP contribution in [-0.2, 0) is 19.2 Å². The van der Waals surface area contributed by atoms with Crippen LogP contribution in [0, 0.1) is 5.41 Å². The molecule has 0 aromatic rings. The van der Waals surface area contributed by atoms with Crippen LogP contribution in [0.15, 0.2) is 0 Å². The molecule has 0 radical (unpaired) electrons. The summed E-state index contributed by atoms with van der Waals surface area (Å²) in [5, 5.41) is 31.8. The van der Waals surface area contributed by atoms with Crippen molar-refractivity contribution >= 4 is 23.9 Å². The fraction of sp³-hybridized carbons (Fsp3) is 0.800. The third-order valence-electron chi connectivity index (χ3n) is 3.48. The standard InChI is InChI=1S/C14H28O2.3C2H4O2/c1-4-7-10-14(13(15)16,11-8-5-2)12-9-6-3;3*1-2(3)4/h4-12H2,1-3H3,(H,15,16);3*1H3,(H,3,4). The first kappa shape index (κ1) is 33.5. The topological polar surface area (TPSA) is 149 Å². The van der Waals surface area contributed by atoms with Crippen molar-refractivity contribution in [1.82, 2.24) is 0 Å². The Hall–Kier alpha value is -2.12. The largest absolute Gasteiger partial charge is 0.481 e. The monoisotopic (exact) mass is 408 g/mol. The van der Waals surface area contributed by atoms with Gasteiger partial charge in [0.15, 0.2) is 0 Å². The zero-order valence-electron chi connectivity index (χ0n) is 18.3. The van der Waals surface area contributed by atoms with Crippen LogP contribution in [0.25, 0.3) is 0 Å². The summed E-state index contributed by atoms with van der Waals surface area (Å²) in [6.07, 6.45) is 8.98. The van der Waals surface area contributed by atoms with Crippen molar-refractivity contribution in [1.29, 1.82) is 0 Å². The van der Waals surface area contributed by atoms with Crippen LogP contribution in [0.2, 0.25) is 0 Å². The minimum atomic E-state index is -0.833. The fourth-order valence-electron chi connectivity index (χ4n) is 2.24. The van der Waals surface area contributed by atoms with E-state index in [0.29, 0.717) is 0 Å². The SMILES string of the molecule is CC(=O)O.CC(=O)O.CC(=O)O.CCCCC(CCCC)(CCCC)C(=O)O. The Morgan fingerprint density at radius 1 is 0.571 bits per heavy atom. The number of hydrogen-bond acceptors (Lipinski definition) is 4. The minimum absolute atomic E-state index is 0.429. The van der Waals surface area contributed by atoms with Crippen LogP contribution >= 0.6 is 0 Å². The van der Waals surface area contributed by atoms with Crippen molar-refractivity contribution in [2.24, 2.45) is 5.41 Å². The molecule has 0 unspecified atom stereocenters. The molecule has 0 spiro atoms. The van der Waals surface area contributed by atoms with E-state index in [0.717, 1.165) is 78.6 Å². The second-order valence-electron chi connectivity index (χ2n) is 6.45. The Morgan fingerprint density at radius 2 is 0.750 bits per heavy atom. The Balaban J connectivity index is -0.000000195. The Bertz CT molecular complexity index is 356. The van der Waals surface area contributed by atoms with Gasteiger partial charge in [0.05, 0.1) is 5.41 Å². The van der Waals surface area contributed by atoms with E-state index in [-0.39, 0.29) is 0 Å². The smallest absolute Gasteiger partial charge is 0.309 e. The van der Waals surface area contributed by atoms with Gasteiger partial charge in [-0.15, -0.1) is 0 Å².